The van der Waals surface area contributed by atoms with Crippen LogP contribution in [0.3, 0.4) is 0 Å². The van der Waals surface area contributed by atoms with Gasteiger partial charge in [-0.1, -0.05) is 205 Å². The van der Waals surface area contributed by atoms with Gasteiger partial charge in [-0.25, -0.2) is 0 Å². The summed E-state index contributed by atoms with van der Waals surface area (Å²) >= 11 is 0. The van der Waals surface area contributed by atoms with Gasteiger partial charge in [0.05, 0.1) is 0 Å². The van der Waals surface area contributed by atoms with Crippen LogP contribution in [0.25, 0.3) is 0 Å². The van der Waals surface area contributed by atoms with Crippen LogP contribution in [-0.4, -0.2) is 17.3 Å². The molecule has 0 aliphatic carbocycles. The van der Waals surface area contributed by atoms with Crippen LogP contribution in [0.2, 0.25) is 0 Å². The van der Waals surface area contributed by atoms with Crippen LogP contribution in [0, 0.1) is 0 Å². The first-order valence-electron chi connectivity index (χ1n) is 19.3. The molecule has 0 N–H and O–H groups in total. The number of ketones is 3. The van der Waals surface area contributed by atoms with E-state index in [4.69, 9.17) is 0 Å². The molecule has 0 fully saturated rings. The summed E-state index contributed by atoms with van der Waals surface area (Å²) in [5.41, 5.74) is 1.06. The van der Waals surface area contributed by atoms with Gasteiger partial charge in [-0.3, -0.25) is 14.4 Å². The summed E-state index contributed by atoms with van der Waals surface area (Å²) < 4.78 is 0. The molecule has 0 atom stereocenters. The van der Waals surface area contributed by atoms with E-state index in [0.717, 1.165) is 32.1 Å². The van der Waals surface area contributed by atoms with E-state index in [0.29, 0.717) is 24.0 Å². The molecule has 0 aliphatic rings. The van der Waals surface area contributed by atoms with Gasteiger partial charge in [-0.15, -0.1) is 0 Å². The number of Topliss-reactive ketones (excluding diaryl/α,β-unsaturated/α-hetero) is 3. The Balaban J connectivity index is 2.02. The molecular weight excluding hydrogens is 540 g/mol. The van der Waals surface area contributed by atoms with Crippen LogP contribution in [0.4, 0.5) is 0 Å². The molecule has 44 heavy (non-hydrogen) atoms. The molecule has 0 heterocycles. The van der Waals surface area contributed by atoms with Gasteiger partial charge < -0.3 is 0 Å². The lowest BCUT2D eigenvalue weighted by molar-refractivity contribution is -0.115. The third kappa shape index (κ3) is 22.7. The van der Waals surface area contributed by atoms with Gasteiger partial charge in [0, 0.05) is 24.0 Å². The van der Waals surface area contributed by atoms with E-state index in [9.17, 15) is 14.4 Å². The van der Waals surface area contributed by atoms with Gasteiger partial charge in [0.1, 0.15) is 0 Å². The standard InChI is InChI=1S/C41H70O3/c1-3-5-7-9-11-13-15-17-18-20-21-23-25-27-29-31-39(42)37-33-35-38(36-34-37)41(44)40(43)32-30-28-26-24-22-19-16-14-12-10-8-6-4-2/h33-36H,3-32H2,1-2H3. The zero-order valence-corrected chi connectivity index (χ0v) is 29.2. The highest BCUT2D eigenvalue weighted by Crippen LogP contribution is 2.17. The highest BCUT2D eigenvalue weighted by Gasteiger charge is 2.16. The quantitative estimate of drug-likeness (QED) is 0.0452. The van der Waals surface area contributed by atoms with E-state index < -0.39 is 5.78 Å². The minimum Gasteiger partial charge on any atom is -0.294 e. The predicted octanol–water partition coefficient (Wildman–Crippen LogP) is 13.4. The van der Waals surface area contributed by atoms with E-state index in [1.54, 1.807) is 24.3 Å². The van der Waals surface area contributed by atoms with Crippen LogP contribution in [0.1, 0.15) is 227 Å². The topological polar surface area (TPSA) is 51.2 Å². The molecule has 0 spiro atoms. The van der Waals surface area contributed by atoms with Crippen LogP contribution in [-0.2, 0) is 4.79 Å². The molecule has 1 rings (SSSR count). The van der Waals surface area contributed by atoms with Gasteiger partial charge in [-0.05, 0) is 12.8 Å². The maximum Gasteiger partial charge on any atom is 0.228 e. The number of hydrogen-bond donors (Lipinski definition) is 0. The van der Waals surface area contributed by atoms with Crippen molar-refractivity contribution in [2.24, 2.45) is 0 Å². The van der Waals surface area contributed by atoms with E-state index in [1.165, 1.54) is 148 Å². The second-order valence-corrected chi connectivity index (χ2v) is 13.4. The number of unbranched alkanes of at least 4 members (excludes halogenated alkanes) is 26. The normalized spacial score (nSPS) is 11.2. The Hall–Kier alpha value is -1.77. The molecule has 0 bridgehead atoms. The van der Waals surface area contributed by atoms with Gasteiger partial charge >= 0.3 is 0 Å². The average molecular weight is 611 g/mol. The molecule has 0 saturated heterocycles. The van der Waals surface area contributed by atoms with E-state index >= 15 is 0 Å². The summed E-state index contributed by atoms with van der Waals surface area (Å²) in [7, 11) is 0. The Labute approximate surface area is 273 Å². The van der Waals surface area contributed by atoms with Crippen LogP contribution in [0.15, 0.2) is 24.3 Å². The molecule has 0 unspecified atom stereocenters. The van der Waals surface area contributed by atoms with E-state index in [2.05, 4.69) is 13.8 Å². The highest BCUT2D eigenvalue weighted by molar-refractivity contribution is 6.43. The predicted molar refractivity (Wildman–Crippen MR) is 190 cm³/mol. The summed E-state index contributed by atoms with van der Waals surface area (Å²) in [5.74, 6) is -0.577. The van der Waals surface area contributed by atoms with Crippen molar-refractivity contribution < 1.29 is 14.4 Å². The first-order valence-corrected chi connectivity index (χ1v) is 19.3. The molecule has 0 amide bonds. The zero-order valence-electron chi connectivity index (χ0n) is 29.2. The second-order valence-electron chi connectivity index (χ2n) is 13.4. The fourth-order valence-electron chi connectivity index (χ4n) is 6.19. The first kappa shape index (κ1) is 40.3. The molecule has 0 aliphatic heterocycles. The average Bonchev–Trinajstić information content (AvgIpc) is 3.04. The summed E-state index contributed by atoms with van der Waals surface area (Å²) in [5, 5.41) is 0. The molecule has 1 aromatic carbocycles. The third-order valence-corrected chi connectivity index (χ3v) is 9.24. The fourth-order valence-corrected chi connectivity index (χ4v) is 6.19. The summed E-state index contributed by atoms with van der Waals surface area (Å²) in [4.78, 5) is 37.6. The molecule has 1 aromatic rings. The largest absolute Gasteiger partial charge is 0.294 e. The van der Waals surface area contributed by atoms with Gasteiger partial charge in [0.15, 0.2) is 5.78 Å². The van der Waals surface area contributed by atoms with Crippen molar-refractivity contribution in [3.05, 3.63) is 35.4 Å². The van der Waals surface area contributed by atoms with Gasteiger partial charge in [0.25, 0.3) is 0 Å². The number of benzene rings is 1. The highest BCUT2D eigenvalue weighted by atomic mass is 16.2. The zero-order chi connectivity index (χ0) is 31.9. The van der Waals surface area contributed by atoms with Crippen LogP contribution in [0.5, 0.6) is 0 Å². The molecule has 0 radical (unpaired) electrons. The van der Waals surface area contributed by atoms with E-state index in [-0.39, 0.29) is 11.6 Å². The minimum absolute atomic E-state index is 0.136. The number of carbonyl (C=O) groups is 3. The maximum absolute atomic E-state index is 12.6. The van der Waals surface area contributed by atoms with Crippen molar-refractivity contribution in [3.8, 4) is 0 Å². The summed E-state index contributed by atoms with van der Waals surface area (Å²) in [6, 6.07) is 6.76. The van der Waals surface area contributed by atoms with E-state index in [1.807, 2.05) is 0 Å². The van der Waals surface area contributed by atoms with Crippen molar-refractivity contribution in [1.82, 2.24) is 0 Å². The number of rotatable bonds is 33. The summed E-state index contributed by atoms with van der Waals surface area (Å²) in [6.07, 6.45) is 37.0. The maximum atomic E-state index is 12.6. The lowest BCUT2D eigenvalue weighted by Crippen LogP contribution is -2.14. The second kappa shape index (κ2) is 29.9. The monoisotopic (exact) mass is 611 g/mol. The molecular formula is C41H70O3. The molecule has 252 valence electrons. The molecule has 0 saturated carbocycles. The Morgan fingerprint density at radius 1 is 0.364 bits per heavy atom. The lowest BCUT2D eigenvalue weighted by Gasteiger charge is -2.05. The van der Waals surface area contributed by atoms with Crippen molar-refractivity contribution in [3.63, 3.8) is 0 Å². The Kier molecular flexibility index (Phi) is 27.4. The Morgan fingerprint density at radius 2 is 0.636 bits per heavy atom. The number of carbonyl (C=O) groups excluding carboxylic acids is 3. The Morgan fingerprint density at radius 3 is 0.977 bits per heavy atom. The molecule has 3 heteroatoms. The van der Waals surface area contributed by atoms with Crippen molar-refractivity contribution in [2.75, 3.05) is 0 Å². The molecule has 3 nitrogen and oxygen atoms in total. The smallest absolute Gasteiger partial charge is 0.228 e. The van der Waals surface area contributed by atoms with Gasteiger partial charge in [0.2, 0.25) is 11.6 Å². The fraction of sp³-hybridized carbons (Fsp3) is 0.780. The number of hydrogen-bond acceptors (Lipinski definition) is 3. The minimum atomic E-state index is -0.412. The van der Waals surface area contributed by atoms with Crippen molar-refractivity contribution in [1.29, 1.82) is 0 Å². The summed E-state index contributed by atoms with van der Waals surface area (Å²) in [6.45, 7) is 4.54. The Bertz CT molecular complexity index is 825. The van der Waals surface area contributed by atoms with Crippen molar-refractivity contribution in [2.45, 2.75) is 206 Å². The van der Waals surface area contributed by atoms with Crippen molar-refractivity contribution >= 4 is 17.3 Å². The lowest BCUT2D eigenvalue weighted by atomic mass is 9.98. The van der Waals surface area contributed by atoms with Gasteiger partial charge in [-0.2, -0.15) is 0 Å². The molecule has 0 aromatic heterocycles. The first-order chi connectivity index (χ1) is 21.6. The third-order valence-electron chi connectivity index (χ3n) is 9.24. The SMILES string of the molecule is CCCCCCCCCCCCCCCCCC(=O)c1ccc(C(=O)C(=O)CCCCCCCCCCCCCCC)cc1. The van der Waals surface area contributed by atoms with Crippen LogP contribution >= 0.6 is 0 Å². The van der Waals surface area contributed by atoms with Crippen LogP contribution < -0.4 is 0 Å².